The molecule has 1 heterocycles. The first-order valence-electron chi connectivity index (χ1n) is 8.16. The highest BCUT2D eigenvalue weighted by Gasteiger charge is 2.12. The Morgan fingerprint density at radius 2 is 1.84 bits per heavy atom. The van der Waals surface area contributed by atoms with Gasteiger partial charge in [-0.3, -0.25) is 9.39 Å². The fourth-order valence-electron chi connectivity index (χ4n) is 2.50. The third kappa shape index (κ3) is 4.35. The highest BCUT2D eigenvalue weighted by Crippen LogP contribution is 2.27. The van der Waals surface area contributed by atoms with Crippen molar-refractivity contribution in [3.63, 3.8) is 0 Å². The number of fused-ring (bicyclic) bond motifs is 2. The van der Waals surface area contributed by atoms with Crippen LogP contribution in [0, 0.1) is 0 Å². The minimum Gasteiger partial charge on any atom is -0.491 e. The SMILES string of the molecule is C[N+](C)(C)NCC(O)COc1ccc2c(=O)c3ccccc3sc2c1. The maximum Gasteiger partial charge on any atom is 0.195 e. The second kappa shape index (κ2) is 7.09. The summed E-state index contributed by atoms with van der Waals surface area (Å²) < 4.78 is 8.12. The van der Waals surface area contributed by atoms with Crippen LogP contribution >= 0.6 is 11.3 Å². The smallest absolute Gasteiger partial charge is 0.195 e. The van der Waals surface area contributed by atoms with Crippen molar-refractivity contribution in [1.82, 2.24) is 5.43 Å². The zero-order valence-corrected chi connectivity index (χ0v) is 15.5. The van der Waals surface area contributed by atoms with Gasteiger partial charge in [-0.1, -0.05) is 12.1 Å². The van der Waals surface area contributed by atoms with Crippen LogP contribution in [0.4, 0.5) is 0 Å². The van der Waals surface area contributed by atoms with Gasteiger partial charge in [0.25, 0.3) is 0 Å². The van der Waals surface area contributed by atoms with Crippen molar-refractivity contribution in [2.45, 2.75) is 6.10 Å². The Bertz CT molecular complexity index is 947. The Kier molecular flexibility index (Phi) is 5.06. The molecule has 1 atom stereocenters. The molecule has 25 heavy (non-hydrogen) atoms. The molecule has 2 N–H and O–H groups in total. The first-order chi connectivity index (χ1) is 11.8. The summed E-state index contributed by atoms with van der Waals surface area (Å²) >= 11 is 1.57. The summed E-state index contributed by atoms with van der Waals surface area (Å²) in [5, 5.41) is 11.5. The molecular weight excluding hydrogens is 336 g/mol. The molecule has 0 aliphatic rings. The fourth-order valence-corrected chi connectivity index (χ4v) is 3.60. The average Bonchev–Trinajstić information content (AvgIpc) is 2.57. The number of nitrogens with zero attached hydrogens (tertiary/aromatic N) is 1. The Hall–Kier alpha value is -1.99. The van der Waals surface area contributed by atoms with E-state index in [1.54, 1.807) is 23.5 Å². The van der Waals surface area contributed by atoms with Crippen LogP contribution in [0.5, 0.6) is 5.75 Å². The molecule has 3 rings (SSSR count). The quantitative estimate of drug-likeness (QED) is 0.403. The number of aliphatic hydroxyl groups is 1. The van der Waals surface area contributed by atoms with E-state index in [9.17, 15) is 9.90 Å². The maximum absolute atomic E-state index is 12.6. The van der Waals surface area contributed by atoms with Gasteiger partial charge in [0.15, 0.2) is 5.43 Å². The monoisotopic (exact) mass is 359 g/mol. The van der Waals surface area contributed by atoms with E-state index in [-0.39, 0.29) is 12.0 Å². The summed E-state index contributed by atoms with van der Waals surface area (Å²) in [5.74, 6) is 0.655. The normalized spacial score (nSPS) is 13.3. The van der Waals surface area contributed by atoms with Crippen LogP contribution in [0.25, 0.3) is 20.2 Å². The summed E-state index contributed by atoms with van der Waals surface area (Å²) in [6, 6.07) is 13.1. The molecule has 0 aliphatic carbocycles. The molecule has 132 valence electrons. The van der Waals surface area contributed by atoms with Gasteiger partial charge in [0, 0.05) is 20.2 Å². The van der Waals surface area contributed by atoms with E-state index in [2.05, 4.69) is 5.43 Å². The van der Waals surface area contributed by atoms with Crippen LogP contribution < -0.4 is 15.6 Å². The number of hydrogen-bond acceptors (Lipinski definition) is 5. The molecule has 0 fully saturated rings. The molecule has 5 nitrogen and oxygen atoms in total. The van der Waals surface area contributed by atoms with Crippen molar-refractivity contribution >= 4 is 31.5 Å². The number of benzene rings is 2. The molecule has 0 spiro atoms. The summed E-state index contributed by atoms with van der Waals surface area (Å²) in [6.45, 7) is 0.635. The van der Waals surface area contributed by atoms with E-state index in [1.165, 1.54) is 0 Å². The number of nitrogens with one attached hydrogen (secondary N) is 1. The molecular formula is C19H23N2O3S+. The van der Waals surface area contributed by atoms with E-state index >= 15 is 0 Å². The number of hydrogen-bond donors (Lipinski definition) is 2. The van der Waals surface area contributed by atoms with Crippen LogP contribution in [0.1, 0.15) is 0 Å². The van der Waals surface area contributed by atoms with E-state index in [0.717, 1.165) is 14.8 Å². The first kappa shape index (κ1) is 17.8. The van der Waals surface area contributed by atoms with E-state index in [1.807, 2.05) is 51.5 Å². The second-order valence-corrected chi connectivity index (χ2v) is 8.01. The Morgan fingerprint density at radius 1 is 1.12 bits per heavy atom. The number of aliphatic hydroxyl groups excluding tert-OH is 1. The lowest BCUT2D eigenvalue weighted by Gasteiger charge is -2.25. The molecule has 6 heteroatoms. The van der Waals surface area contributed by atoms with Gasteiger partial charge in [0.1, 0.15) is 18.5 Å². The van der Waals surface area contributed by atoms with Gasteiger partial charge in [-0.2, -0.15) is 5.43 Å². The Labute approximate surface area is 150 Å². The van der Waals surface area contributed by atoms with Gasteiger partial charge in [-0.25, -0.2) is 0 Å². The van der Waals surface area contributed by atoms with E-state index < -0.39 is 6.10 Å². The molecule has 0 radical (unpaired) electrons. The number of rotatable bonds is 6. The van der Waals surface area contributed by atoms with Gasteiger partial charge in [-0.15, -0.1) is 11.3 Å². The van der Waals surface area contributed by atoms with Gasteiger partial charge in [0.2, 0.25) is 0 Å². The summed E-state index contributed by atoms with van der Waals surface area (Å²) in [4.78, 5) is 12.6. The van der Waals surface area contributed by atoms with Crippen molar-refractivity contribution in [1.29, 1.82) is 0 Å². The highest BCUT2D eigenvalue weighted by molar-refractivity contribution is 7.24. The third-order valence-electron chi connectivity index (χ3n) is 3.79. The minimum atomic E-state index is -0.608. The molecule has 0 aliphatic heterocycles. The molecule has 0 saturated heterocycles. The highest BCUT2D eigenvalue weighted by atomic mass is 32.1. The predicted molar refractivity (Wildman–Crippen MR) is 103 cm³/mol. The van der Waals surface area contributed by atoms with Crippen molar-refractivity contribution in [3.05, 3.63) is 52.7 Å². The molecule has 3 aromatic rings. The summed E-state index contributed by atoms with van der Waals surface area (Å²) in [6.07, 6.45) is -0.608. The maximum atomic E-state index is 12.6. The predicted octanol–water partition coefficient (Wildman–Crippen LogP) is 2.37. The molecule has 1 aromatic heterocycles. The van der Waals surface area contributed by atoms with Gasteiger partial charge >= 0.3 is 0 Å². The second-order valence-electron chi connectivity index (χ2n) is 6.92. The van der Waals surface area contributed by atoms with Crippen molar-refractivity contribution in [3.8, 4) is 5.75 Å². The van der Waals surface area contributed by atoms with Crippen LogP contribution in [0.3, 0.4) is 0 Å². The van der Waals surface area contributed by atoms with Crippen LogP contribution in [0.15, 0.2) is 47.3 Å². The number of ether oxygens (including phenoxy) is 1. The zero-order valence-electron chi connectivity index (χ0n) is 14.7. The fraction of sp³-hybridized carbons (Fsp3) is 0.316. The molecule has 0 amide bonds. The van der Waals surface area contributed by atoms with Crippen molar-refractivity contribution in [2.75, 3.05) is 34.3 Å². The Balaban J connectivity index is 1.77. The van der Waals surface area contributed by atoms with Crippen LogP contribution in [-0.4, -0.2) is 50.1 Å². The lowest BCUT2D eigenvalue weighted by atomic mass is 10.2. The van der Waals surface area contributed by atoms with Crippen molar-refractivity contribution < 1.29 is 14.4 Å². The first-order valence-corrected chi connectivity index (χ1v) is 8.98. The average molecular weight is 359 g/mol. The largest absolute Gasteiger partial charge is 0.491 e. The number of quaternary nitrogens is 1. The van der Waals surface area contributed by atoms with Crippen molar-refractivity contribution in [2.24, 2.45) is 0 Å². The zero-order chi connectivity index (χ0) is 18.0. The molecule has 0 bridgehead atoms. The third-order valence-corrected chi connectivity index (χ3v) is 4.93. The van der Waals surface area contributed by atoms with Crippen LogP contribution in [0.2, 0.25) is 0 Å². The minimum absolute atomic E-state index is 0.0445. The summed E-state index contributed by atoms with van der Waals surface area (Å²) in [5.41, 5.74) is 3.23. The van der Waals surface area contributed by atoms with Gasteiger partial charge in [0.05, 0.1) is 27.7 Å². The van der Waals surface area contributed by atoms with E-state index in [0.29, 0.717) is 22.3 Å². The molecule has 0 saturated carbocycles. The van der Waals surface area contributed by atoms with Crippen LogP contribution in [-0.2, 0) is 0 Å². The van der Waals surface area contributed by atoms with Gasteiger partial charge < -0.3 is 9.84 Å². The standard InChI is InChI=1S/C19H23N2O3S/c1-21(2,3)20-11-13(22)12-24-14-8-9-16-18(10-14)25-17-7-5-4-6-15(17)19(16)23/h4-10,13,20,22H,11-12H2,1-3H3/q+1. The summed E-state index contributed by atoms with van der Waals surface area (Å²) in [7, 11) is 5.97. The van der Waals surface area contributed by atoms with E-state index in [4.69, 9.17) is 4.74 Å². The molecule has 1 unspecified atom stereocenters. The lowest BCUT2D eigenvalue weighted by molar-refractivity contribution is -0.915. The Morgan fingerprint density at radius 3 is 2.60 bits per heavy atom. The lowest BCUT2D eigenvalue weighted by Crippen LogP contribution is -2.51. The van der Waals surface area contributed by atoms with Gasteiger partial charge in [-0.05, 0) is 30.3 Å². The molecule has 2 aromatic carbocycles. The topological polar surface area (TPSA) is 58.6 Å².